The SMILES string of the molecule is NC(=O)c1cc2cc([C@H]3C[C@@H]4CCN(C4)C3)ccc2o1.NC=O. The Bertz CT molecular complexity index is 713. The van der Waals surface area contributed by atoms with Crippen LogP contribution in [0, 0.1) is 5.92 Å². The molecular weight excluding hydrogens is 294 g/mol. The van der Waals surface area contributed by atoms with E-state index in [1.807, 2.05) is 6.07 Å². The molecule has 1 aromatic heterocycles. The van der Waals surface area contributed by atoms with Gasteiger partial charge in [-0.05, 0) is 55.0 Å². The Balaban J connectivity index is 0.000000485. The molecule has 6 heteroatoms. The first-order chi connectivity index (χ1) is 11.1. The number of furan rings is 1. The van der Waals surface area contributed by atoms with E-state index in [-0.39, 0.29) is 12.2 Å². The fourth-order valence-electron chi connectivity index (χ4n) is 3.74. The molecule has 2 aromatic rings. The number of piperidine rings is 1. The van der Waals surface area contributed by atoms with Crippen LogP contribution in [0.2, 0.25) is 0 Å². The van der Waals surface area contributed by atoms with Crippen LogP contribution >= 0.6 is 0 Å². The molecule has 4 rings (SSSR count). The van der Waals surface area contributed by atoms with Gasteiger partial charge in [0, 0.05) is 18.5 Å². The van der Waals surface area contributed by atoms with Crippen molar-refractivity contribution in [3.63, 3.8) is 0 Å². The van der Waals surface area contributed by atoms with Crippen molar-refractivity contribution in [1.82, 2.24) is 4.90 Å². The van der Waals surface area contributed by atoms with Gasteiger partial charge >= 0.3 is 0 Å². The van der Waals surface area contributed by atoms with Gasteiger partial charge in [-0.3, -0.25) is 9.59 Å². The third-order valence-electron chi connectivity index (χ3n) is 4.72. The predicted octanol–water partition coefficient (Wildman–Crippen LogP) is 1.44. The summed E-state index contributed by atoms with van der Waals surface area (Å²) in [6, 6.07) is 8.00. The number of carbonyl (C=O) groups is 2. The second-order valence-corrected chi connectivity index (χ2v) is 6.26. The molecule has 122 valence electrons. The van der Waals surface area contributed by atoms with Crippen molar-refractivity contribution in [3.8, 4) is 0 Å². The molecule has 0 saturated carbocycles. The first-order valence-corrected chi connectivity index (χ1v) is 7.81. The second-order valence-electron chi connectivity index (χ2n) is 6.26. The maximum Gasteiger partial charge on any atom is 0.284 e. The van der Waals surface area contributed by atoms with Gasteiger partial charge in [-0.2, -0.15) is 0 Å². The third-order valence-corrected chi connectivity index (χ3v) is 4.72. The van der Waals surface area contributed by atoms with Crippen LogP contribution in [0.25, 0.3) is 11.0 Å². The van der Waals surface area contributed by atoms with E-state index in [1.165, 1.54) is 31.5 Å². The number of amides is 2. The zero-order valence-corrected chi connectivity index (χ0v) is 12.9. The number of benzene rings is 1. The van der Waals surface area contributed by atoms with Gasteiger partial charge in [0.25, 0.3) is 5.91 Å². The average molecular weight is 315 g/mol. The highest BCUT2D eigenvalue weighted by molar-refractivity contribution is 5.95. The van der Waals surface area contributed by atoms with E-state index in [1.54, 1.807) is 6.07 Å². The molecular formula is C17H21N3O3. The lowest BCUT2D eigenvalue weighted by Gasteiger charge is -2.30. The van der Waals surface area contributed by atoms with Crippen LogP contribution in [-0.4, -0.2) is 36.9 Å². The molecule has 1 aromatic carbocycles. The summed E-state index contributed by atoms with van der Waals surface area (Å²) >= 11 is 0. The van der Waals surface area contributed by atoms with Crippen molar-refractivity contribution in [2.75, 3.05) is 19.6 Å². The minimum Gasteiger partial charge on any atom is -0.451 e. The fraction of sp³-hybridized carbons (Fsp3) is 0.412. The quantitative estimate of drug-likeness (QED) is 0.818. The number of primary amides is 2. The lowest BCUT2D eigenvalue weighted by molar-refractivity contribution is -0.106. The van der Waals surface area contributed by atoms with E-state index in [9.17, 15) is 4.79 Å². The smallest absolute Gasteiger partial charge is 0.284 e. The van der Waals surface area contributed by atoms with E-state index in [0.29, 0.717) is 5.92 Å². The van der Waals surface area contributed by atoms with Gasteiger partial charge in [0.2, 0.25) is 6.41 Å². The van der Waals surface area contributed by atoms with Crippen molar-refractivity contribution in [2.24, 2.45) is 17.4 Å². The highest BCUT2D eigenvalue weighted by Crippen LogP contribution is 2.37. The summed E-state index contributed by atoms with van der Waals surface area (Å²) in [6.07, 6.45) is 2.87. The molecule has 2 saturated heterocycles. The van der Waals surface area contributed by atoms with Gasteiger partial charge < -0.3 is 20.8 Å². The Hall–Kier alpha value is -2.34. The topological polar surface area (TPSA) is 103 Å². The maximum atomic E-state index is 11.2. The van der Waals surface area contributed by atoms with Crippen LogP contribution in [-0.2, 0) is 4.79 Å². The number of hydrogen-bond donors (Lipinski definition) is 2. The highest BCUT2D eigenvalue weighted by Gasteiger charge is 2.32. The van der Waals surface area contributed by atoms with Crippen molar-refractivity contribution >= 4 is 23.3 Å². The zero-order valence-electron chi connectivity index (χ0n) is 12.9. The Morgan fingerprint density at radius 2 is 2.09 bits per heavy atom. The van der Waals surface area contributed by atoms with Gasteiger partial charge in [0.1, 0.15) is 5.58 Å². The number of nitrogens with two attached hydrogens (primary N) is 2. The number of rotatable bonds is 2. The summed E-state index contributed by atoms with van der Waals surface area (Å²) in [6.45, 7) is 3.68. The Labute approximate surface area is 134 Å². The second kappa shape index (κ2) is 6.42. The van der Waals surface area contributed by atoms with E-state index >= 15 is 0 Å². The Morgan fingerprint density at radius 3 is 2.78 bits per heavy atom. The Kier molecular flexibility index (Phi) is 4.34. The molecule has 0 aliphatic carbocycles. The van der Waals surface area contributed by atoms with E-state index in [4.69, 9.17) is 14.9 Å². The minimum absolute atomic E-state index is 0.240. The van der Waals surface area contributed by atoms with Gasteiger partial charge in [0.05, 0.1) is 0 Å². The summed E-state index contributed by atoms with van der Waals surface area (Å²) in [5.74, 6) is 1.19. The normalized spacial score (nSPS) is 25.7. The van der Waals surface area contributed by atoms with Crippen molar-refractivity contribution in [1.29, 1.82) is 0 Å². The van der Waals surface area contributed by atoms with Crippen LogP contribution in [0.1, 0.15) is 34.9 Å². The molecule has 2 bridgehead atoms. The summed E-state index contributed by atoms with van der Waals surface area (Å²) in [5, 5.41) is 0.976. The lowest BCUT2D eigenvalue weighted by atomic mass is 9.86. The summed E-state index contributed by atoms with van der Waals surface area (Å²) in [5.41, 5.74) is 11.5. The summed E-state index contributed by atoms with van der Waals surface area (Å²) in [4.78, 5) is 22.3. The first-order valence-electron chi connectivity index (χ1n) is 7.81. The standard InChI is InChI=1S/C16H18N2O2.CH3NO/c17-16(19)15-7-12-6-11(1-2-14(12)20-15)13-5-10-3-4-18(8-10)9-13;2-1-3/h1-2,6-7,10,13H,3-5,8-9H2,(H2,17,19);1H,(H2,2,3)/t10-,13-;/m0./s1. The number of fused-ring (bicyclic) bond motifs is 3. The molecule has 6 nitrogen and oxygen atoms in total. The van der Waals surface area contributed by atoms with E-state index in [0.717, 1.165) is 23.4 Å². The van der Waals surface area contributed by atoms with Crippen LogP contribution in [0.4, 0.5) is 0 Å². The molecule has 2 amide bonds. The van der Waals surface area contributed by atoms with E-state index < -0.39 is 5.91 Å². The van der Waals surface area contributed by atoms with Crippen molar-refractivity contribution in [2.45, 2.75) is 18.8 Å². The molecule has 23 heavy (non-hydrogen) atoms. The molecule has 3 heterocycles. The van der Waals surface area contributed by atoms with Crippen molar-refractivity contribution in [3.05, 3.63) is 35.6 Å². The van der Waals surface area contributed by atoms with Gasteiger partial charge in [-0.25, -0.2) is 0 Å². The third kappa shape index (κ3) is 3.22. The van der Waals surface area contributed by atoms with Gasteiger partial charge in [-0.15, -0.1) is 0 Å². The minimum atomic E-state index is -0.510. The largest absolute Gasteiger partial charge is 0.451 e. The van der Waals surface area contributed by atoms with Crippen molar-refractivity contribution < 1.29 is 14.0 Å². The fourth-order valence-corrected chi connectivity index (χ4v) is 3.74. The highest BCUT2D eigenvalue weighted by atomic mass is 16.3. The maximum absolute atomic E-state index is 11.2. The molecule has 0 spiro atoms. The van der Waals surface area contributed by atoms with Gasteiger partial charge in [0.15, 0.2) is 5.76 Å². The molecule has 3 atom stereocenters. The molecule has 4 N–H and O–H groups in total. The predicted molar refractivity (Wildman–Crippen MR) is 86.9 cm³/mol. The number of nitrogens with zero attached hydrogens (tertiary/aromatic N) is 1. The van der Waals surface area contributed by atoms with Gasteiger partial charge in [-0.1, -0.05) is 6.07 Å². The van der Waals surface area contributed by atoms with Crippen LogP contribution in [0.15, 0.2) is 28.7 Å². The van der Waals surface area contributed by atoms with Crippen LogP contribution in [0.3, 0.4) is 0 Å². The number of hydrogen-bond acceptors (Lipinski definition) is 4. The molecule has 1 unspecified atom stereocenters. The Morgan fingerprint density at radius 1 is 1.30 bits per heavy atom. The monoisotopic (exact) mass is 315 g/mol. The molecule has 2 aliphatic rings. The summed E-state index contributed by atoms with van der Waals surface area (Å²) < 4.78 is 5.44. The van der Waals surface area contributed by atoms with Crippen LogP contribution < -0.4 is 11.5 Å². The number of carbonyl (C=O) groups excluding carboxylic acids is 2. The first kappa shape index (κ1) is 15.6. The van der Waals surface area contributed by atoms with E-state index in [2.05, 4.69) is 22.8 Å². The molecule has 2 fully saturated rings. The summed E-state index contributed by atoms with van der Waals surface area (Å²) in [7, 11) is 0. The van der Waals surface area contributed by atoms with Crippen LogP contribution in [0.5, 0.6) is 0 Å². The zero-order chi connectivity index (χ0) is 16.4. The molecule has 2 aliphatic heterocycles. The molecule has 0 radical (unpaired) electrons. The average Bonchev–Trinajstić information content (AvgIpc) is 3.10. The lowest BCUT2D eigenvalue weighted by Crippen LogP contribution is -2.31.